The fourth-order valence-electron chi connectivity index (χ4n) is 3.74. The maximum absolute atomic E-state index is 13.3. The van der Waals surface area contributed by atoms with E-state index in [4.69, 9.17) is 9.72 Å². The third-order valence-corrected chi connectivity index (χ3v) is 6.89. The van der Waals surface area contributed by atoms with E-state index in [1.54, 1.807) is 30.3 Å². The quantitative estimate of drug-likeness (QED) is 0.675. The molecule has 3 heterocycles. The van der Waals surface area contributed by atoms with E-state index in [-0.39, 0.29) is 17.7 Å². The van der Waals surface area contributed by atoms with Crippen molar-refractivity contribution in [2.75, 3.05) is 29.0 Å². The summed E-state index contributed by atoms with van der Waals surface area (Å²) in [5, 5.41) is 0. The van der Waals surface area contributed by atoms with Crippen LogP contribution in [0.2, 0.25) is 0 Å². The molecule has 0 N–H and O–H groups in total. The Balaban J connectivity index is 1.61. The molecule has 28 heavy (non-hydrogen) atoms. The molecule has 144 valence electrons. The summed E-state index contributed by atoms with van der Waals surface area (Å²) in [5.41, 5.74) is 1.42. The zero-order chi connectivity index (χ0) is 19.1. The number of benzene rings is 2. The van der Waals surface area contributed by atoms with Gasteiger partial charge < -0.3 is 9.64 Å². The number of sulfonamides is 1. The standard InChI is InChI=1S/C20H20N4O3S/c25-28(26,16-8-2-1-3-9-16)24-14-23(13-15-7-6-12-27-15)19-20(24)22-18-11-5-4-10-17(18)21-19/h1-5,8-11,15H,6-7,12-14H2/t15-/m1/s1. The first-order valence-electron chi connectivity index (χ1n) is 9.34. The molecule has 0 spiro atoms. The minimum Gasteiger partial charge on any atom is -0.376 e. The van der Waals surface area contributed by atoms with Crippen LogP contribution in [0.5, 0.6) is 0 Å². The monoisotopic (exact) mass is 396 g/mol. The van der Waals surface area contributed by atoms with Crippen LogP contribution in [-0.2, 0) is 14.8 Å². The molecular weight excluding hydrogens is 376 g/mol. The van der Waals surface area contributed by atoms with Gasteiger partial charge in [0.05, 0.1) is 22.0 Å². The maximum atomic E-state index is 13.3. The van der Waals surface area contributed by atoms with Crippen molar-refractivity contribution in [2.24, 2.45) is 0 Å². The molecule has 0 amide bonds. The summed E-state index contributed by atoms with van der Waals surface area (Å²) in [6.45, 7) is 1.53. The SMILES string of the molecule is O=S(=O)(c1ccccc1)N1CN(C[C@H]2CCCO2)c2nc3ccccc3nc21. The van der Waals surface area contributed by atoms with Crippen LogP contribution in [0.15, 0.2) is 59.5 Å². The Kier molecular flexibility index (Phi) is 4.17. The Morgan fingerprint density at radius 3 is 2.32 bits per heavy atom. The fourth-order valence-corrected chi connectivity index (χ4v) is 5.13. The van der Waals surface area contributed by atoms with Crippen molar-refractivity contribution in [1.82, 2.24) is 9.97 Å². The Morgan fingerprint density at radius 1 is 0.964 bits per heavy atom. The number of fused-ring (bicyclic) bond motifs is 2. The molecule has 1 saturated heterocycles. The van der Waals surface area contributed by atoms with Gasteiger partial charge in [-0.05, 0) is 37.1 Å². The molecule has 2 aliphatic heterocycles. The van der Waals surface area contributed by atoms with Gasteiger partial charge in [0.2, 0.25) is 0 Å². The summed E-state index contributed by atoms with van der Waals surface area (Å²) >= 11 is 0. The average molecular weight is 396 g/mol. The van der Waals surface area contributed by atoms with Gasteiger partial charge in [0.15, 0.2) is 11.6 Å². The Morgan fingerprint density at radius 2 is 1.64 bits per heavy atom. The molecule has 8 heteroatoms. The average Bonchev–Trinajstić information content (AvgIpc) is 3.36. The predicted octanol–water partition coefficient (Wildman–Crippen LogP) is 2.78. The maximum Gasteiger partial charge on any atom is 0.267 e. The lowest BCUT2D eigenvalue weighted by atomic mass is 10.2. The minimum absolute atomic E-state index is 0.0838. The van der Waals surface area contributed by atoms with Crippen molar-refractivity contribution < 1.29 is 13.2 Å². The van der Waals surface area contributed by atoms with Crippen LogP contribution in [0, 0.1) is 0 Å². The van der Waals surface area contributed by atoms with E-state index < -0.39 is 10.0 Å². The number of anilines is 2. The summed E-state index contributed by atoms with van der Waals surface area (Å²) in [6.07, 6.45) is 2.08. The number of ether oxygens (including phenoxy) is 1. The summed E-state index contributed by atoms with van der Waals surface area (Å²) < 4.78 is 33.8. The van der Waals surface area contributed by atoms with Gasteiger partial charge in [0.25, 0.3) is 10.0 Å². The van der Waals surface area contributed by atoms with Crippen LogP contribution >= 0.6 is 0 Å². The lowest BCUT2D eigenvalue weighted by Gasteiger charge is -2.22. The highest BCUT2D eigenvalue weighted by atomic mass is 32.2. The summed E-state index contributed by atoms with van der Waals surface area (Å²) in [5.74, 6) is 0.967. The van der Waals surface area contributed by atoms with Crippen LogP contribution in [0.1, 0.15) is 12.8 Å². The Hall–Kier alpha value is -2.71. The molecular formula is C20H20N4O3S. The molecule has 0 saturated carbocycles. The van der Waals surface area contributed by atoms with Gasteiger partial charge >= 0.3 is 0 Å². The van der Waals surface area contributed by atoms with Crippen molar-refractivity contribution in [3.05, 3.63) is 54.6 Å². The summed E-state index contributed by atoms with van der Waals surface area (Å²) in [7, 11) is -3.74. The molecule has 0 unspecified atom stereocenters. The van der Waals surface area contributed by atoms with Crippen molar-refractivity contribution >= 4 is 32.7 Å². The molecule has 1 aromatic heterocycles. The molecule has 1 atom stereocenters. The highest BCUT2D eigenvalue weighted by Crippen LogP contribution is 2.38. The molecule has 5 rings (SSSR count). The predicted molar refractivity (Wildman–Crippen MR) is 107 cm³/mol. The first kappa shape index (κ1) is 17.4. The smallest absolute Gasteiger partial charge is 0.267 e. The normalized spacial score (nSPS) is 19.4. The van der Waals surface area contributed by atoms with Gasteiger partial charge in [-0.2, -0.15) is 0 Å². The second-order valence-corrected chi connectivity index (χ2v) is 8.89. The number of nitrogens with zero attached hydrogens (tertiary/aromatic N) is 4. The second-order valence-electron chi connectivity index (χ2n) is 7.03. The molecule has 0 bridgehead atoms. The summed E-state index contributed by atoms with van der Waals surface area (Å²) in [6, 6.07) is 16.0. The van der Waals surface area contributed by atoms with E-state index in [0.717, 1.165) is 25.0 Å². The van der Waals surface area contributed by atoms with E-state index in [1.165, 1.54) is 4.31 Å². The van der Waals surface area contributed by atoms with Crippen LogP contribution in [0.4, 0.5) is 11.6 Å². The number of hydrogen-bond donors (Lipinski definition) is 0. The third-order valence-electron chi connectivity index (χ3n) is 5.15. The molecule has 2 aromatic carbocycles. The highest BCUT2D eigenvalue weighted by molar-refractivity contribution is 7.92. The van der Waals surface area contributed by atoms with Gasteiger partial charge in [-0.1, -0.05) is 30.3 Å². The zero-order valence-electron chi connectivity index (χ0n) is 15.2. The van der Waals surface area contributed by atoms with Crippen LogP contribution in [-0.4, -0.2) is 44.3 Å². The van der Waals surface area contributed by atoms with Crippen molar-refractivity contribution in [3.63, 3.8) is 0 Å². The van der Waals surface area contributed by atoms with E-state index in [0.29, 0.717) is 23.7 Å². The van der Waals surface area contributed by atoms with Crippen molar-refractivity contribution in [3.8, 4) is 0 Å². The lowest BCUT2D eigenvalue weighted by Crippen LogP contribution is -2.39. The molecule has 3 aromatic rings. The summed E-state index contributed by atoms with van der Waals surface area (Å²) in [4.78, 5) is 11.6. The van der Waals surface area contributed by atoms with Gasteiger partial charge in [0.1, 0.15) is 6.67 Å². The van der Waals surface area contributed by atoms with E-state index in [2.05, 4.69) is 4.98 Å². The number of aromatic nitrogens is 2. The molecule has 1 fully saturated rings. The Bertz CT molecular complexity index is 1110. The highest BCUT2D eigenvalue weighted by Gasteiger charge is 2.39. The third kappa shape index (κ3) is 2.89. The van der Waals surface area contributed by atoms with Gasteiger partial charge in [-0.25, -0.2) is 22.7 Å². The molecule has 7 nitrogen and oxygen atoms in total. The van der Waals surface area contributed by atoms with Crippen molar-refractivity contribution in [1.29, 1.82) is 0 Å². The van der Waals surface area contributed by atoms with Crippen molar-refractivity contribution in [2.45, 2.75) is 23.8 Å². The number of rotatable bonds is 4. The molecule has 0 aliphatic carbocycles. The fraction of sp³-hybridized carbons (Fsp3) is 0.300. The first-order chi connectivity index (χ1) is 13.6. The largest absolute Gasteiger partial charge is 0.376 e. The van der Waals surface area contributed by atoms with Crippen LogP contribution < -0.4 is 9.21 Å². The molecule has 0 radical (unpaired) electrons. The van der Waals surface area contributed by atoms with Gasteiger partial charge in [0, 0.05) is 13.2 Å². The zero-order valence-corrected chi connectivity index (χ0v) is 16.0. The van der Waals surface area contributed by atoms with Crippen LogP contribution in [0.25, 0.3) is 11.0 Å². The molecule has 2 aliphatic rings. The van der Waals surface area contributed by atoms with Crippen LogP contribution in [0.3, 0.4) is 0 Å². The van der Waals surface area contributed by atoms with Gasteiger partial charge in [-0.3, -0.25) is 0 Å². The van der Waals surface area contributed by atoms with Gasteiger partial charge in [-0.15, -0.1) is 0 Å². The topological polar surface area (TPSA) is 75.6 Å². The van der Waals surface area contributed by atoms with E-state index >= 15 is 0 Å². The Labute approximate surface area is 163 Å². The number of hydrogen-bond acceptors (Lipinski definition) is 6. The lowest BCUT2D eigenvalue weighted by molar-refractivity contribution is 0.116. The van der Waals surface area contributed by atoms with E-state index in [1.807, 2.05) is 29.2 Å². The minimum atomic E-state index is -3.74. The first-order valence-corrected chi connectivity index (χ1v) is 10.8. The van der Waals surface area contributed by atoms with E-state index in [9.17, 15) is 8.42 Å². The second kappa shape index (κ2) is 6.72. The number of para-hydroxylation sites is 2.